The Bertz CT molecular complexity index is 934. The third kappa shape index (κ3) is 4.22. The molecule has 1 amide bonds. The van der Waals surface area contributed by atoms with Crippen LogP contribution in [-0.4, -0.2) is 23.5 Å². The first-order valence-electron chi connectivity index (χ1n) is 8.95. The molecular formula is C22H19ClFNO2. The third-order valence-electron chi connectivity index (χ3n) is 4.72. The van der Waals surface area contributed by atoms with Crippen LogP contribution in [0.4, 0.5) is 4.39 Å². The van der Waals surface area contributed by atoms with Crippen LogP contribution >= 0.6 is 11.6 Å². The molecule has 0 spiro atoms. The molecule has 0 radical (unpaired) electrons. The fourth-order valence-electron chi connectivity index (χ4n) is 3.12. The van der Waals surface area contributed by atoms with Gasteiger partial charge in [0.05, 0.1) is 0 Å². The molecule has 1 aliphatic heterocycles. The molecule has 2 aliphatic rings. The molecule has 0 unspecified atom stereocenters. The largest absolute Gasteiger partial charge is 0.488 e. The molecule has 0 N–H and O–H groups in total. The van der Waals surface area contributed by atoms with E-state index in [0.29, 0.717) is 17.2 Å². The Labute approximate surface area is 162 Å². The second-order valence-corrected chi connectivity index (χ2v) is 7.25. The lowest BCUT2D eigenvalue weighted by Crippen LogP contribution is -2.31. The summed E-state index contributed by atoms with van der Waals surface area (Å²) in [6.07, 6.45) is 7.21. The SMILES string of the molecule is O=C(/C=C/C1=Cc2cc(Cl)ccc2OC1)N(Cc1ccccc1F)C1CC1. The van der Waals surface area contributed by atoms with Gasteiger partial charge in [0.2, 0.25) is 5.91 Å². The lowest BCUT2D eigenvalue weighted by molar-refractivity contribution is -0.127. The van der Waals surface area contributed by atoms with Crippen molar-refractivity contribution in [3.05, 3.63) is 82.2 Å². The second kappa shape index (κ2) is 7.57. The number of rotatable bonds is 5. The van der Waals surface area contributed by atoms with Gasteiger partial charge in [-0.3, -0.25) is 4.79 Å². The number of carbonyl (C=O) groups excluding carboxylic acids is 1. The Morgan fingerprint density at radius 3 is 2.85 bits per heavy atom. The smallest absolute Gasteiger partial charge is 0.247 e. The Morgan fingerprint density at radius 2 is 2.07 bits per heavy atom. The van der Waals surface area contributed by atoms with Crippen molar-refractivity contribution < 1.29 is 13.9 Å². The minimum atomic E-state index is -0.281. The summed E-state index contributed by atoms with van der Waals surface area (Å²) in [5.41, 5.74) is 2.32. The highest BCUT2D eigenvalue weighted by atomic mass is 35.5. The summed E-state index contributed by atoms with van der Waals surface area (Å²) in [5.74, 6) is 0.386. The predicted molar refractivity (Wildman–Crippen MR) is 104 cm³/mol. The van der Waals surface area contributed by atoms with Gasteiger partial charge in [0.15, 0.2) is 0 Å². The van der Waals surface area contributed by atoms with E-state index in [4.69, 9.17) is 16.3 Å². The summed E-state index contributed by atoms with van der Waals surface area (Å²) < 4.78 is 19.7. The van der Waals surface area contributed by atoms with Gasteiger partial charge >= 0.3 is 0 Å². The van der Waals surface area contributed by atoms with E-state index in [9.17, 15) is 9.18 Å². The lowest BCUT2D eigenvalue weighted by atomic mass is 10.1. The van der Waals surface area contributed by atoms with E-state index in [2.05, 4.69) is 0 Å². The summed E-state index contributed by atoms with van der Waals surface area (Å²) in [4.78, 5) is 14.5. The average Bonchev–Trinajstić information content (AvgIpc) is 3.50. The number of carbonyl (C=O) groups is 1. The molecule has 0 aromatic heterocycles. The van der Waals surface area contributed by atoms with Crippen LogP contribution in [0.1, 0.15) is 24.0 Å². The van der Waals surface area contributed by atoms with Crippen LogP contribution in [0.3, 0.4) is 0 Å². The van der Waals surface area contributed by atoms with Crippen molar-refractivity contribution in [2.45, 2.75) is 25.4 Å². The fraction of sp³-hybridized carbons (Fsp3) is 0.227. The van der Waals surface area contributed by atoms with E-state index in [0.717, 1.165) is 29.7 Å². The minimum Gasteiger partial charge on any atom is -0.488 e. The number of hydrogen-bond acceptors (Lipinski definition) is 2. The molecule has 1 heterocycles. The highest BCUT2D eigenvalue weighted by Crippen LogP contribution is 2.31. The molecule has 0 bridgehead atoms. The van der Waals surface area contributed by atoms with Crippen LogP contribution in [0, 0.1) is 5.82 Å². The molecule has 138 valence electrons. The fourth-order valence-corrected chi connectivity index (χ4v) is 3.30. The number of nitrogens with zero attached hydrogens (tertiary/aromatic N) is 1. The Hall–Kier alpha value is -2.59. The molecule has 1 aliphatic carbocycles. The molecule has 3 nitrogen and oxygen atoms in total. The molecule has 5 heteroatoms. The molecular weight excluding hydrogens is 365 g/mol. The molecule has 4 rings (SSSR count). The molecule has 0 saturated heterocycles. The number of fused-ring (bicyclic) bond motifs is 1. The van der Waals surface area contributed by atoms with Crippen LogP contribution in [0.2, 0.25) is 5.02 Å². The maximum absolute atomic E-state index is 14.0. The second-order valence-electron chi connectivity index (χ2n) is 6.81. The minimum absolute atomic E-state index is 0.112. The van der Waals surface area contributed by atoms with Crippen molar-refractivity contribution in [2.75, 3.05) is 6.61 Å². The van der Waals surface area contributed by atoms with E-state index in [-0.39, 0.29) is 24.3 Å². The summed E-state index contributed by atoms with van der Waals surface area (Å²) in [6.45, 7) is 0.684. The zero-order valence-electron chi connectivity index (χ0n) is 14.7. The van der Waals surface area contributed by atoms with Crippen molar-refractivity contribution in [2.24, 2.45) is 0 Å². The standard InChI is InChI=1S/C22H19ClFNO2/c23-18-6-9-21-17(12-18)11-15(14-27-21)5-10-22(26)25(19-7-8-19)13-16-3-1-2-4-20(16)24/h1-6,9-12,19H,7-8,13-14H2/b10-5+. The van der Waals surface area contributed by atoms with E-state index in [1.54, 1.807) is 41.3 Å². The summed E-state index contributed by atoms with van der Waals surface area (Å²) in [5, 5.41) is 0.639. The van der Waals surface area contributed by atoms with E-state index >= 15 is 0 Å². The predicted octanol–water partition coefficient (Wildman–Crippen LogP) is 5.00. The number of amides is 1. The normalized spacial score (nSPS) is 15.9. The van der Waals surface area contributed by atoms with Gasteiger partial charge in [0, 0.05) is 34.8 Å². The van der Waals surface area contributed by atoms with Crippen LogP contribution < -0.4 is 4.74 Å². The molecule has 27 heavy (non-hydrogen) atoms. The monoisotopic (exact) mass is 383 g/mol. The van der Waals surface area contributed by atoms with Crippen LogP contribution in [0.5, 0.6) is 5.75 Å². The third-order valence-corrected chi connectivity index (χ3v) is 4.95. The van der Waals surface area contributed by atoms with E-state index in [1.807, 2.05) is 18.2 Å². The van der Waals surface area contributed by atoms with Gasteiger partial charge in [-0.05, 0) is 48.8 Å². The maximum Gasteiger partial charge on any atom is 0.247 e. The average molecular weight is 384 g/mol. The number of benzene rings is 2. The van der Waals surface area contributed by atoms with Gasteiger partial charge in [-0.1, -0.05) is 35.9 Å². The first kappa shape index (κ1) is 17.8. The first-order chi connectivity index (χ1) is 13.1. The van der Waals surface area contributed by atoms with E-state index in [1.165, 1.54) is 6.07 Å². The van der Waals surface area contributed by atoms with Gasteiger partial charge < -0.3 is 9.64 Å². The van der Waals surface area contributed by atoms with Crippen molar-refractivity contribution in [3.8, 4) is 5.75 Å². The highest BCUT2D eigenvalue weighted by molar-refractivity contribution is 6.30. The number of hydrogen-bond donors (Lipinski definition) is 0. The molecule has 2 aromatic carbocycles. The quantitative estimate of drug-likeness (QED) is 0.680. The van der Waals surface area contributed by atoms with Gasteiger partial charge in [0.25, 0.3) is 0 Å². The molecule has 2 aromatic rings. The van der Waals surface area contributed by atoms with Gasteiger partial charge in [-0.2, -0.15) is 0 Å². The van der Waals surface area contributed by atoms with Gasteiger partial charge in [-0.15, -0.1) is 0 Å². The summed E-state index contributed by atoms with van der Waals surface area (Å²) >= 11 is 6.03. The van der Waals surface area contributed by atoms with Gasteiger partial charge in [-0.25, -0.2) is 4.39 Å². The topological polar surface area (TPSA) is 29.5 Å². The van der Waals surface area contributed by atoms with Crippen LogP contribution in [-0.2, 0) is 11.3 Å². The van der Waals surface area contributed by atoms with Crippen LogP contribution in [0.15, 0.2) is 60.2 Å². The van der Waals surface area contributed by atoms with Crippen molar-refractivity contribution in [1.82, 2.24) is 4.90 Å². The van der Waals surface area contributed by atoms with Crippen molar-refractivity contribution >= 4 is 23.6 Å². The maximum atomic E-state index is 14.0. The van der Waals surface area contributed by atoms with Crippen molar-refractivity contribution in [3.63, 3.8) is 0 Å². The van der Waals surface area contributed by atoms with Gasteiger partial charge in [0.1, 0.15) is 18.2 Å². The Morgan fingerprint density at radius 1 is 1.26 bits per heavy atom. The molecule has 0 atom stereocenters. The number of halogens is 2. The Kier molecular flexibility index (Phi) is 4.99. The zero-order valence-corrected chi connectivity index (χ0v) is 15.5. The summed E-state index contributed by atoms with van der Waals surface area (Å²) in [7, 11) is 0. The number of ether oxygens (including phenoxy) is 1. The first-order valence-corrected chi connectivity index (χ1v) is 9.33. The lowest BCUT2D eigenvalue weighted by Gasteiger charge is -2.21. The van der Waals surface area contributed by atoms with Crippen LogP contribution in [0.25, 0.3) is 6.08 Å². The Balaban J connectivity index is 1.49. The highest BCUT2D eigenvalue weighted by Gasteiger charge is 2.32. The molecule has 1 fully saturated rings. The van der Waals surface area contributed by atoms with E-state index < -0.39 is 0 Å². The zero-order chi connectivity index (χ0) is 18.8. The molecule has 1 saturated carbocycles. The van der Waals surface area contributed by atoms with Crippen molar-refractivity contribution in [1.29, 1.82) is 0 Å². The summed E-state index contributed by atoms with van der Waals surface area (Å²) in [6, 6.07) is 12.2.